The van der Waals surface area contributed by atoms with Crippen LogP contribution in [0.5, 0.6) is 11.5 Å². The number of Topliss-reactive ketones (excluding diaryl/α,β-unsaturated/α-hetero) is 1. The molecule has 150 valence electrons. The van der Waals surface area contributed by atoms with Crippen LogP contribution >= 0.6 is 0 Å². The third-order valence-corrected chi connectivity index (χ3v) is 5.80. The van der Waals surface area contributed by atoms with Crippen LogP contribution in [0.15, 0.2) is 36.5 Å². The van der Waals surface area contributed by atoms with Gasteiger partial charge in [0.2, 0.25) is 5.78 Å². The van der Waals surface area contributed by atoms with Crippen LogP contribution in [0.25, 0.3) is 0 Å². The van der Waals surface area contributed by atoms with Gasteiger partial charge < -0.3 is 19.7 Å². The molecule has 7 nitrogen and oxygen atoms in total. The summed E-state index contributed by atoms with van der Waals surface area (Å²) in [6.07, 6.45) is 5.96. The van der Waals surface area contributed by atoms with Crippen molar-refractivity contribution in [3.8, 4) is 17.6 Å². The number of carbonyl (C=O) groups excluding carboxylic acids is 1. The quantitative estimate of drug-likeness (QED) is 0.758. The maximum Gasteiger partial charge on any atom is 0.245 e. The molecule has 1 saturated carbocycles. The number of quaternary nitrogens is 1. The molecule has 0 radical (unpaired) electrons. The lowest BCUT2D eigenvalue weighted by molar-refractivity contribution is -0.792. The number of nitriles is 1. The molecule has 1 aromatic carbocycles. The Balaban J connectivity index is 1.69. The Morgan fingerprint density at radius 1 is 1.31 bits per heavy atom. The second kappa shape index (κ2) is 8.19. The van der Waals surface area contributed by atoms with Crippen molar-refractivity contribution < 1.29 is 19.3 Å². The zero-order valence-electron chi connectivity index (χ0n) is 16.3. The van der Waals surface area contributed by atoms with Gasteiger partial charge in [-0.05, 0) is 49.4 Å². The van der Waals surface area contributed by atoms with Gasteiger partial charge in [0.25, 0.3) is 0 Å². The Labute approximate surface area is 169 Å². The number of pyridine rings is 1. The zero-order chi connectivity index (χ0) is 20.4. The van der Waals surface area contributed by atoms with Gasteiger partial charge in [0.15, 0.2) is 28.9 Å². The van der Waals surface area contributed by atoms with Crippen molar-refractivity contribution in [2.24, 2.45) is 0 Å². The molecular formula is C22H23N3O4. The molecule has 4 rings (SSSR count). The smallest absolute Gasteiger partial charge is 0.245 e. The van der Waals surface area contributed by atoms with Gasteiger partial charge >= 0.3 is 0 Å². The molecule has 1 N–H and O–H groups in total. The first kappa shape index (κ1) is 19.4. The van der Waals surface area contributed by atoms with E-state index in [1.807, 2.05) is 6.07 Å². The number of hydrogen-bond acceptors (Lipinski definition) is 6. The summed E-state index contributed by atoms with van der Waals surface area (Å²) in [5, 5.41) is 22.1. The van der Waals surface area contributed by atoms with Crippen LogP contribution in [-0.2, 0) is 0 Å². The van der Waals surface area contributed by atoms with Crippen LogP contribution in [0, 0.1) is 16.5 Å². The molecule has 7 heteroatoms. The SMILES string of the molecule is COc1ccc(C(CC#N)C2C(=O)c3ncccc3[NH+]2[O-])cc1OC1CCCC1. The fourth-order valence-electron chi connectivity index (χ4n) is 4.33. The Bertz CT molecular complexity index is 949. The molecule has 0 bridgehead atoms. The number of hydrogen-bond donors (Lipinski definition) is 1. The highest BCUT2D eigenvalue weighted by atomic mass is 16.5. The monoisotopic (exact) mass is 393 g/mol. The van der Waals surface area contributed by atoms with E-state index in [-0.39, 0.29) is 29.1 Å². The molecule has 3 atom stereocenters. The number of rotatable bonds is 6. The fraction of sp³-hybridized carbons (Fsp3) is 0.409. The maximum absolute atomic E-state index is 13.0. The number of methoxy groups -OCH3 is 1. The van der Waals surface area contributed by atoms with Crippen molar-refractivity contribution >= 4 is 11.5 Å². The van der Waals surface area contributed by atoms with E-state index in [1.54, 1.807) is 31.4 Å². The normalized spacial score (nSPS) is 22.2. The minimum absolute atomic E-state index is 0.0470. The van der Waals surface area contributed by atoms with E-state index in [9.17, 15) is 15.3 Å². The number of ether oxygens (including phenoxy) is 2. The average molecular weight is 393 g/mol. The topological polar surface area (TPSA) is 99.7 Å². The van der Waals surface area contributed by atoms with Gasteiger partial charge in [0, 0.05) is 18.7 Å². The van der Waals surface area contributed by atoms with Gasteiger partial charge in [-0.3, -0.25) is 4.79 Å². The van der Waals surface area contributed by atoms with Crippen LogP contribution in [0.2, 0.25) is 0 Å². The van der Waals surface area contributed by atoms with Gasteiger partial charge in [-0.1, -0.05) is 6.07 Å². The van der Waals surface area contributed by atoms with E-state index in [4.69, 9.17) is 9.47 Å². The van der Waals surface area contributed by atoms with Crippen molar-refractivity contribution in [2.75, 3.05) is 7.11 Å². The van der Waals surface area contributed by atoms with Gasteiger partial charge in [0.05, 0.1) is 25.2 Å². The summed E-state index contributed by atoms with van der Waals surface area (Å²) in [4.78, 5) is 17.0. The molecule has 2 aromatic rings. The Hall–Kier alpha value is -2.95. The minimum Gasteiger partial charge on any atom is -0.628 e. The summed E-state index contributed by atoms with van der Waals surface area (Å²) in [6.45, 7) is 0. The first-order valence-corrected chi connectivity index (χ1v) is 9.89. The molecule has 1 fully saturated rings. The lowest BCUT2D eigenvalue weighted by Gasteiger charge is -2.29. The summed E-state index contributed by atoms with van der Waals surface area (Å²) in [7, 11) is 1.58. The Morgan fingerprint density at radius 3 is 2.79 bits per heavy atom. The highest BCUT2D eigenvalue weighted by Crippen LogP contribution is 2.37. The number of aromatic nitrogens is 1. The highest BCUT2D eigenvalue weighted by Gasteiger charge is 2.45. The second-order valence-corrected chi connectivity index (χ2v) is 7.51. The number of nitrogens with one attached hydrogen (secondary N) is 1. The zero-order valence-corrected chi connectivity index (χ0v) is 16.3. The van der Waals surface area contributed by atoms with Crippen molar-refractivity contribution in [3.63, 3.8) is 0 Å². The third kappa shape index (κ3) is 3.57. The van der Waals surface area contributed by atoms with Gasteiger partial charge in [-0.25, -0.2) is 4.98 Å². The third-order valence-electron chi connectivity index (χ3n) is 5.80. The summed E-state index contributed by atoms with van der Waals surface area (Å²) < 4.78 is 11.6. The molecule has 1 aliphatic carbocycles. The first-order valence-electron chi connectivity index (χ1n) is 9.89. The lowest BCUT2D eigenvalue weighted by atomic mass is 9.87. The molecule has 0 amide bonds. The Kier molecular flexibility index (Phi) is 5.47. The highest BCUT2D eigenvalue weighted by molar-refractivity contribution is 6.03. The van der Waals surface area contributed by atoms with E-state index in [2.05, 4.69) is 11.1 Å². The van der Waals surface area contributed by atoms with E-state index in [1.165, 1.54) is 6.20 Å². The summed E-state index contributed by atoms with van der Waals surface area (Å²) in [5.74, 6) is 0.310. The predicted molar refractivity (Wildman–Crippen MR) is 105 cm³/mol. The van der Waals surface area contributed by atoms with E-state index in [0.29, 0.717) is 17.2 Å². The molecule has 3 unspecified atom stereocenters. The average Bonchev–Trinajstić information content (AvgIpc) is 3.34. The van der Waals surface area contributed by atoms with Gasteiger partial charge in [0.1, 0.15) is 0 Å². The number of fused-ring (bicyclic) bond motifs is 1. The number of nitrogens with zero attached hydrogens (tertiary/aromatic N) is 2. The lowest BCUT2D eigenvalue weighted by Crippen LogP contribution is -3.06. The van der Waals surface area contributed by atoms with E-state index < -0.39 is 12.0 Å². The standard InChI is InChI=1S/C22H23N3O4/c1-28-18-9-8-14(13-19(18)29-15-5-2-3-6-15)16(10-11-23)21-22(26)20-17(25(21)27)7-4-12-24-20/h4,7-9,12-13,15-16,21,25H,2-3,5-6,10H2,1H3. The van der Waals surface area contributed by atoms with Crippen molar-refractivity contribution in [2.45, 2.75) is 50.2 Å². The van der Waals surface area contributed by atoms with Crippen LogP contribution in [0.3, 0.4) is 0 Å². The molecule has 0 spiro atoms. The molecule has 2 heterocycles. The summed E-state index contributed by atoms with van der Waals surface area (Å²) in [5.41, 5.74) is 1.25. The van der Waals surface area contributed by atoms with E-state index >= 15 is 0 Å². The van der Waals surface area contributed by atoms with Crippen molar-refractivity contribution in [1.82, 2.24) is 4.98 Å². The number of carbonyl (C=O) groups is 1. The van der Waals surface area contributed by atoms with Gasteiger partial charge in [-0.15, -0.1) is 0 Å². The number of ketones is 1. The summed E-state index contributed by atoms with van der Waals surface area (Å²) >= 11 is 0. The maximum atomic E-state index is 13.0. The van der Waals surface area contributed by atoms with Crippen LogP contribution in [-0.4, -0.2) is 30.0 Å². The predicted octanol–water partition coefficient (Wildman–Crippen LogP) is 2.69. The van der Waals surface area contributed by atoms with Crippen LogP contribution < -0.4 is 14.5 Å². The van der Waals surface area contributed by atoms with Crippen molar-refractivity contribution in [3.05, 3.63) is 53.0 Å². The molecule has 2 aliphatic rings. The van der Waals surface area contributed by atoms with Crippen LogP contribution in [0.1, 0.15) is 54.1 Å². The largest absolute Gasteiger partial charge is 0.628 e. The molecule has 1 aliphatic heterocycles. The molecule has 0 saturated heterocycles. The first-order chi connectivity index (χ1) is 14.1. The van der Waals surface area contributed by atoms with Crippen molar-refractivity contribution in [1.29, 1.82) is 5.26 Å². The van der Waals surface area contributed by atoms with Crippen LogP contribution in [0.4, 0.5) is 5.69 Å². The summed E-state index contributed by atoms with van der Waals surface area (Å²) in [6, 6.07) is 9.86. The molecular weight excluding hydrogens is 370 g/mol. The number of benzene rings is 1. The molecule has 29 heavy (non-hydrogen) atoms. The number of hydroxylamine groups is 1. The minimum atomic E-state index is -0.938. The second-order valence-electron chi connectivity index (χ2n) is 7.51. The van der Waals surface area contributed by atoms with E-state index in [0.717, 1.165) is 31.2 Å². The fourth-order valence-corrected chi connectivity index (χ4v) is 4.33. The molecule has 1 aromatic heterocycles. The van der Waals surface area contributed by atoms with Gasteiger partial charge in [-0.2, -0.15) is 5.26 Å². The Morgan fingerprint density at radius 2 is 2.10 bits per heavy atom.